The zero-order valence-corrected chi connectivity index (χ0v) is 20.7. The first-order valence-corrected chi connectivity index (χ1v) is 14.1. The standard InChI is InChI=1S/C27H35N3O3S/c31-27(29-18-16-28(17-19-29)21-22-6-2-1-3-7-22)24-12-14-30(15-13-24)34(32,33)26-11-10-23-8-4-5-9-25(23)20-26/h1-3,6-7,10-11,20,24H,4-5,8-9,12-19,21H2. The van der Waals surface area contributed by atoms with Crippen molar-refractivity contribution >= 4 is 15.9 Å². The van der Waals surface area contributed by atoms with E-state index in [4.69, 9.17) is 0 Å². The van der Waals surface area contributed by atoms with Crippen molar-refractivity contribution in [3.63, 3.8) is 0 Å². The summed E-state index contributed by atoms with van der Waals surface area (Å²) in [6.07, 6.45) is 5.53. The summed E-state index contributed by atoms with van der Waals surface area (Å²) in [5.41, 5.74) is 3.77. The highest BCUT2D eigenvalue weighted by molar-refractivity contribution is 7.89. The average Bonchev–Trinajstić information content (AvgIpc) is 2.89. The predicted molar refractivity (Wildman–Crippen MR) is 133 cm³/mol. The van der Waals surface area contributed by atoms with Crippen molar-refractivity contribution in [1.29, 1.82) is 0 Å². The highest BCUT2D eigenvalue weighted by Crippen LogP contribution is 2.29. The summed E-state index contributed by atoms with van der Waals surface area (Å²) in [7, 11) is -3.50. The molecule has 5 rings (SSSR count). The molecule has 0 unspecified atom stereocenters. The quantitative estimate of drug-likeness (QED) is 0.658. The van der Waals surface area contributed by atoms with E-state index in [0.29, 0.717) is 30.8 Å². The maximum atomic E-state index is 13.3. The van der Waals surface area contributed by atoms with Gasteiger partial charge in [-0.05, 0) is 67.3 Å². The van der Waals surface area contributed by atoms with Crippen molar-refractivity contribution < 1.29 is 13.2 Å². The fourth-order valence-electron chi connectivity index (χ4n) is 5.59. The first kappa shape index (κ1) is 23.5. The number of hydrogen-bond acceptors (Lipinski definition) is 4. The summed E-state index contributed by atoms with van der Waals surface area (Å²) in [6, 6.07) is 16.1. The summed E-state index contributed by atoms with van der Waals surface area (Å²) in [4.78, 5) is 17.9. The number of piperazine rings is 1. The van der Waals surface area contributed by atoms with Crippen molar-refractivity contribution in [3.8, 4) is 0 Å². The SMILES string of the molecule is O=C(C1CCN(S(=O)(=O)c2ccc3c(c2)CCCC3)CC1)N1CCN(Cc2ccccc2)CC1. The van der Waals surface area contributed by atoms with E-state index in [9.17, 15) is 13.2 Å². The van der Waals surface area contributed by atoms with Crippen LogP contribution in [0.25, 0.3) is 0 Å². The number of amides is 1. The highest BCUT2D eigenvalue weighted by Gasteiger charge is 2.35. The molecule has 0 aromatic heterocycles. The Balaban J connectivity index is 1.13. The molecular formula is C27H35N3O3S. The molecule has 0 atom stereocenters. The molecule has 0 N–H and O–H groups in total. The Morgan fingerprint density at radius 3 is 2.21 bits per heavy atom. The molecule has 1 amide bonds. The third kappa shape index (κ3) is 5.07. The van der Waals surface area contributed by atoms with E-state index in [0.717, 1.165) is 52.0 Å². The number of fused-ring (bicyclic) bond motifs is 1. The maximum absolute atomic E-state index is 13.3. The van der Waals surface area contributed by atoms with E-state index < -0.39 is 10.0 Å². The van der Waals surface area contributed by atoms with Crippen LogP contribution in [-0.4, -0.2) is 67.7 Å². The van der Waals surface area contributed by atoms with Gasteiger partial charge in [0.25, 0.3) is 0 Å². The molecule has 2 heterocycles. The van der Waals surface area contributed by atoms with Crippen LogP contribution in [0.1, 0.15) is 42.4 Å². The van der Waals surface area contributed by atoms with E-state index in [1.165, 1.54) is 23.1 Å². The lowest BCUT2D eigenvalue weighted by Crippen LogP contribution is -2.51. The summed E-state index contributed by atoms with van der Waals surface area (Å²) in [5.74, 6) is 0.126. The van der Waals surface area contributed by atoms with Gasteiger partial charge in [-0.1, -0.05) is 36.4 Å². The molecule has 0 bridgehead atoms. The van der Waals surface area contributed by atoms with Crippen LogP contribution in [0.2, 0.25) is 0 Å². The topological polar surface area (TPSA) is 60.9 Å². The number of carbonyl (C=O) groups is 1. The summed E-state index contributed by atoms with van der Waals surface area (Å²) in [5, 5.41) is 0. The van der Waals surface area contributed by atoms with Crippen LogP contribution in [0, 0.1) is 5.92 Å². The smallest absolute Gasteiger partial charge is 0.243 e. The minimum absolute atomic E-state index is 0.0735. The number of rotatable bonds is 5. The third-order valence-corrected chi connectivity index (χ3v) is 9.59. The van der Waals surface area contributed by atoms with Crippen LogP contribution in [-0.2, 0) is 34.2 Å². The van der Waals surface area contributed by atoms with Gasteiger partial charge in [-0.3, -0.25) is 9.69 Å². The Bertz CT molecular complexity index is 1100. The molecule has 2 aliphatic heterocycles. The van der Waals surface area contributed by atoms with E-state index in [2.05, 4.69) is 29.2 Å². The van der Waals surface area contributed by atoms with Gasteiger partial charge in [0.2, 0.25) is 15.9 Å². The number of nitrogens with zero attached hydrogens (tertiary/aromatic N) is 3. The lowest BCUT2D eigenvalue weighted by Gasteiger charge is -2.38. The first-order chi connectivity index (χ1) is 16.5. The van der Waals surface area contributed by atoms with Gasteiger partial charge in [-0.25, -0.2) is 8.42 Å². The van der Waals surface area contributed by atoms with Gasteiger partial charge in [0.1, 0.15) is 0 Å². The summed E-state index contributed by atoms with van der Waals surface area (Å²) >= 11 is 0. The lowest BCUT2D eigenvalue weighted by molar-refractivity contribution is -0.138. The van der Waals surface area contributed by atoms with Gasteiger partial charge in [0.15, 0.2) is 0 Å². The molecule has 3 aliphatic rings. The highest BCUT2D eigenvalue weighted by atomic mass is 32.2. The number of hydrogen-bond donors (Lipinski definition) is 0. The normalized spacial score (nSPS) is 20.8. The minimum atomic E-state index is -3.50. The Morgan fingerprint density at radius 1 is 0.824 bits per heavy atom. The molecule has 7 heteroatoms. The van der Waals surface area contributed by atoms with Gasteiger partial charge >= 0.3 is 0 Å². The Morgan fingerprint density at radius 2 is 1.50 bits per heavy atom. The fourth-order valence-corrected chi connectivity index (χ4v) is 7.11. The lowest BCUT2D eigenvalue weighted by atomic mass is 9.92. The molecule has 182 valence electrons. The molecular weight excluding hydrogens is 446 g/mol. The molecule has 1 aliphatic carbocycles. The fraction of sp³-hybridized carbons (Fsp3) is 0.519. The van der Waals surface area contributed by atoms with Gasteiger partial charge < -0.3 is 4.90 Å². The molecule has 2 fully saturated rings. The Hall–Kier alpha value is -2.22. The van der Waals surface area contributed by atoms with Crippen LogP contribution in [0.4, 0.5) is 0 Å². The zero-order chi connectivity index (χ0) is 23.5. The second-order valence-corrected chi connectivity index (χ2v) is 11.8. The monoisotopic (exact) mass is 481 g/mol. The van der Waals surface area contributed by atoms with E-state index in [-0.39, 0.29) is 11.8 Å². The second kappa shape index (κ2) is 10.2. The Labute approximate surface area is 203 Å². The summed E-state index contributed by atoms with van der Waals surface area (Å²) < 4.78 is 28.1. The molecule has 6 nitrogen and oxygen atoms in total. The van der Waals surface area contributed by atoms with Crippen LogP contribution < -0.4 is 0 Å². The molecule has 2 aromatic rings. The van der Waals surface area contributed by atoms with E-state index in [1.54, 1.807) is 10.4 Å². The zero-order valence-electron chi connectivity index (χ0n) is 19.9. The molecule has 0 radical (unpaired) electrons. The van der Waals surface area contributed by atoms with Gasteiger partial charge in [0, 0.05) is 51.7 Å². The third-order valence-electron chi connectivity index (χ3n) is 7.69. The van der Waals surface area contributed by atoms with Gasteiger partial charge in [-0.2, -0.15) is 4.31 Å². The van der Waals surface area contributed by atoms with Crippen molar-refractivity contribution in [2.75, 3.05) is 39.3 Å². The van der Waals surface area contributed by atoms with Crippen molar-refractivity contribution in [3.05, 3.63) is 65.2 Å². The number of sulfonamides is 1. The van der Waals surface area contributed by atoms with Crippen LogP contribution in [0.3, 0.4) is 0 Å². The molecule has 34 heavy (non-hydrogen) atoms. The number of benzene rings is 2. The van der Waals surface area contributed by atoms with Crippen LogP contribution in [0.15, 0.2) is 53.4 Å². The predicted octanol–water partition coefficient (Wildman–Crippen LogP) is 3.31. The minimum Gasteiger partial charge on any atom is -0.340 e. The van der Waals surface area contributed by atoms with Gasteiger partial charge in [0.05, 0.1) is 4.90 Å². The number of piperidine rings is 1. The Kier molecular flexibility index (Phi) is 7.04. The number of carbonyl (C=O) groups excluding carboxylic acids is 1. The largest absolute Gasteiger partial charge is 0.340 e. The van der Waals surface area contributed by atoms with E-state index in [1.807, 2.05) is 23.1 Å². The second-order valence-electron chi connectivity index (χ2n) is 9.90. The van der Waals surface area contributed by atoms with Crippen molar-refractivity contribution in [1.82, 2.24) is 14.1 Å². The van der Waals surface area contributed by atoms with Crippen molar-refractivity contribution in [2.24, 2.45) is 5.92 Å². The molecule has 2 aromatic carbocycles. The van der Waals surface area contributed by atoms with Gasteiger partial charge in [-0.15, -0.1) is 0 Å². The molecule has 2 saturated heterocycles. The maximum Gasteiger partial charge on any atom is 0.243 e. The summed E-state index contributed by atoms with van der Waals surface area (Å²) in [6.45, 7) is 5.02. The molecule has 0 spiro atoms. The molecule has 0 saturated carbocycles. The van der Waals surface area contributed by atoms with Crippen LogP contribution in [0.5, 0.6) is 0 Å². The first-order valence-electron chi connectivity index (χ1n) is 12.7. The average molecular weight is 482 g/mol. The van der Waals surface area contributed by atoms with Crippen LogP contribution >= 0.6 is 0 Å². The van der Waals surface area contributed by atoms with Crippen molar-refractivity contribution in [2.45, 2.75) is 50.0 Å². The number of aryl methyl sites for hydroxylation is 2. The van der Waals surface area contributed by atoms with E-state index >= 15 is 0 Å².